The lowest BCUT2D eigenvalue weighted by Crippen LogP contribution is -2.34. The van der Waals surface area contributed by atoms with Crippen LogP contribution < -0.4 is 9.47 Å². The summed E-state index contributed by atoms with van der Waals surface area (Å²) < 4.78 is 45.6. The summed E-state index contributed by atoms with van der Waals surface area (Å²) in [6.07, 6.45) is 13.3. The van der Waals surface area contributed by atoms with Gasteiger partial charge in [0, 0.05) is 6.61 Å². The van der Waals surface area contributed by atoms with E-state index >= 15 is 0 Å². The number of hydrogen-bond donors (Lipinski definition) is 0. The largest absolute Gasteiger partial charge is 0.490 e. The molecule has 1 saturated carbocycles. The fourth-order valence-electron chi connectivity index (χ4n) is 4.99. The quantitative estimate of drug-likeness (QED) is 0.339. The molecule has 2 fully saturated rings. The van der Waals surface area contributed by atoms with Gasteiger partial charge in [-0.2, -0.15) is 8.78 Å². The van der Waals surface area contributed by atoms with Crippen molar-refractivity contribution >= 4 is 0 Å². The molecular formula is C26H40F2O3. The Bertz CT molecular complexity index is 650. The molecule has 0 radical (unpaired) electrons. The molecule has 0 spiro atoms. The summed E-state index contributed by atoms with van der Waals surface area (Å²) in [5.41, 5.74) is 0. The highest BCUT2D eigenvalue weighted by Gasteiger charge is 2.32. The van der Waals surface area contributed by atoms with Gasteiger partial charge in [-0.05, 0) is 81.3 Å². The van der Waals surface area contributed by atoms with Crippen LogP contribution in [0.4, 0.5) is 8.78 Å². The van der Waals surface area contributed by atoms with Crippen LogP contribution in [0.3, 0.4) is 0 Å². The highest BCUT2D eigenvalue weighted by Crippen LogP contribution is 2.37. The maximum absolute atomic E-state index is 14.3. The third-order valence-electron chi connectivity index (χ3n) is 6.99. The number of benzene rings is 1. The summed E-state index contributed by atoms with van der Waals surface area (Å²) in [5, 5.41) is 0. The summed E-state index contributed by atoms with van der Waals surface area (Å²) in [4.78, 5) is 0. The first kappa shape index (κ1) is 24.3. The van der Waals surface area contributed by atoms with Crippen molar-refractivity contribution in [1.29, 1.82) is 0 Å². The first-order valence-corrected chi connectivity index (χ1v) is 12.5. The Kier molecular flexibility index (Phi) is 9.89. The molecule has 1 aliphatic heterocycles. The number of hydrogen-bond acceptors (Lipinski definition) is 3. The normalized spacial score (nSPS) is 26.6. The van der Waals surface area contributed by atoms with E-state index in [1.54, 1.807) is 0 Å². The standard InChI is InChI=1S/C26H40F2O3/c1-3-5-6-7-19-10-13-22(30-17-19)21-11-8-20(9-12-21)18-31-24-15-14-23(29-16-4-2)25(27)26(24)28/h14-15,19-22H,3-13,16-18H2,1-2H3. The van der Waals surface area contributed by atoms with Gasteiger partial charge < -0.3 is 14.2 Å². The Balaban J connectivity index is 1.38. The Morgan fingerprint density at radius 1 is 0.839 bits per heavy atom. The molecule has 2 atom stereocenters. The van der Waals surface area contributed by atoms with Crippen molar-refractivity contribution in [3.63, 3.8) is 0 Å². The Labute approximate surface area is 186 Å². The highest BCUT2D eigenvalue weighted by atomic mass is 19.2. The van der Waals surface area contributed by atoms with Crippen LogP contribution in [-0.2, 0) is 4.74 Å². The van der Waals surface area contributed by atoms with Crippen LogP contribution in [0.1, 0.15) is 84.5 Å². The third kappa shape index (κ3) is 7.06. The smallest absolute Gasteiger partial charge is 0.204 e. The SMILES string of the molecule is CCCCCC1CCC(C2CCC(COc3ccc(OCCC)c(F)c3F)CC2)OC1. The number of rotatable bonds is 11. The van der Waals surface area contributed by atoms with E-state index in [0.29, 0.717) is 31.2 Å². The second-order valence-electron chi connectivity index (χ2n) is 9.44. The molecule has 0 aromatic heterocycles. The van der Waals surface area contributed by atoms with Crippen molar-refractivity contribution < 1.29 is 23.0 Å². The minimum Gasteiger partial charge on any atom is -0.490 e. The molecule has 0 bridgehead atoms. The summed E-state index contributed by atoms with van der Waals surface area (Å²) in [5.74, 6) is -0.206. The Morgan fingerprint density at radius 2 is 1.52 bits per heavy atom. The fourth-order valence-corrected chi connectivity index (χ4v) is 4.99. The van der Waals surface area contributed by atoms with Gasteiger partial charge in [0.15, 0.2) is 11.5 Å². The van der Waals surface area contributed by atoms with Gasteiger partial charge in [0.2, 0.25) is 11.6 Å². The van der Waals surface area contributed by atoms with Crippen LogP contribution in [-0.4, -0.2) is 25.9 Å². The summed E-state index contributed by atoms with van der Waals surface area (Å²) in [7, 11) is 0. The van der Waals surface area contributed by atoms with Gasteiger partial charge in [-0.15, -0.1) is 0 Å². The van der Waals surface area contributed by atoms with Crippen LogP contribution in [0.5, 0.6) is 11.5 Å². The average Bonchev–Trinajstić information content (AvgIpc) is 2.80. The zero-order chi connectivity index (χ0) is 22.1. The van der Waals surface area contributed by atoms with Gasteiger partial charge in [0.25, 0.3) is 0 Å². The molecule has 3 nitrogen and oxygen atoms in total. The Hall–Kier alpha value is -1.36. The van der Waals surface area contributed by atoms with Gasteiger partial charge in [-0.1, -0.05) is 33.1 Å². The average molecular weight is 439 g/mol. The number of ether oxygens (including phenoxy) is 3. The fraction of sp³-hybridized carbons (Fsp3) is 0.769. The predicted molar refractivity (Wildman–Crippen MR) is 120 cm³/mol. The lowest BCUT2D eigenvalue weighted by atomic mass is 9.77. The van der Waals surface area contributed by atoms with Crippen molar-refractivity contribution in [2.24, 2.45) is 17.8 Å². The molecule has 5 heteroatoms. The van der Waals surface area contributed by atoms with Crippen LogP contribution in [0.25, 0.3) is 0 Å². The second kappa shape index (κ2) is 12.6. The molecule has 176 valence electrons. The zero-order valence-electron chi connectivity index (χ0n) is 19.3. The van der Waals surface area contributed by atoms with E-state index in [9.17, 15) is 8.78 Å². The van der Waals surface area contributed by atoms with E-state index in [0.717, 1.165) is 44.6 Å². The van der Waals surface area contributed by atoms with E-state index < -0.39 is 11.6 Å². The highest BCUT2D eigenvalue weighted by molar-refractivity contribution is 5.35. The van der Waals surface area contributed by atoms with E-state index in [1.165, 1.54) is 50.7 Å². The minimum absolute atomic E-state index is 0.0202. The lowest BCUT2D eigenvalue weighted by Gasteiger charge is -2.37. The lowest BCUT2D eigenvalue weighted by molar-refractivity contribution is -0.0607. The molecule has 3 rings (SSSR count). The second-order valence-corrected chi connectivity index (χ2v) is 9.44. The molecule has 1 heterocycles. The van der Waals surface area contributed by atoms with Gasteiger partial charge in [-0.3, -0.25) is 0 Å². The van der Waals surface area contributed by atoms with Crippen molar-refractivity contribution in [2.75, 3.05) is 19.8 Å². The summed E-state index contributed by atoms with van der Waals surface area (Å²) >= 11 is 0. The predicted octanol–water partition coefficient (Wildman–Crippen LogP) is 7.31. The molecule has 31 heavy (non-hydrogen) atoms. The monoisotopic (exact) mass is 438 g/mol. The van der Waals surface area contributed by atoms with Crippen molar-refractivity contribution in [3.8, 4) is 11.5 Å². The molecule has 1 aliphatic carbocycles. The first-order chi connectivity index (χ1) is 15.1. The molecular weight excluding hydrogens is 398 g/mol. The van der Waals surface area contributed by atoms with Gasteiger partial charge in [0.1, 0.15) is 0 Å². The van der Waals surface area contributed by atoms with Crippen LogP contribution in [0.2, 0.25) is 0 Å². The maximum Gasteiger partial charge on any atom is 0.204 e. The number of unbranched alkanes of at least 4 members (excludes halogenated alkanes) is 2. The zero-order valence-corrected chi connectivity index (χ0v) is 19.3. The molecule has 1 saturated heterocycles. The molecule has 1 aromatic rings. The molecule has 2 aliphatic rings. The van der Waals surface area contributed by atoms with Crippen LogP contribution >= 0.6 is 0 Å². The van der Waals surface area contributed by atoms with E-state index in [2.05, 4.69) is 6.92 Å². The third-order valence-corrected chi connectivity index (χ3v) is 6.99. The maximum atomic E-state index is 14.3. The minimum atomic E-state index is -0.961. The van der Waals surface area contributed by atoms with Crippen LogP contribution in [0, 0.1) is 29.4 Å². The van der Waals surface area contributed by atoms with E-state index in [-0.39, 0.29) is 11.5 Å². The van der Waals surface area contributed by atoms with E-state index in [1.807, 2.05) is 6.92 Å². The van der Waals surface area contributed by atoms with Gasteiger partial charge in [-0.25, -0.2) is 0 Å². The summed E-state index contributed by atoms with van der Waals surface area (Å²) in [6, 6.07) is 2.93. The van der Waals surface area contributed by atoms with E-state index in [4.69, 9.17) is 14.2 Å². The van der Waals surface area contributed by atoms with Crippen molar-refractivity contribution in [2.45, 2.75) is 90.6 Å². The molecule has 1 aromatic carbocycles. The first-order valence-electron chi connectivity index (χ1n) is 12.5. The molecule has 2 unspecified atom stereocenters. The molecule has 0 amide bonds. The molecule has 0 N–H and O–H groups in total. The van der Waals surface area contributed by atoms with Crippen LogP contribution in [0.15, 0.2) is 12.1 Å². The van der Waals surface area contributed by atoms with Crippen molar-refractivity contribution in [1.82, 2.24) is 0 Å². The summed E-state index contributed by atoms with van der Waals surface area (Å²) in [6.45, 7) is 5.91. The van der Waals surface area contributed by atoms with Gasteiger partial charge in [0.05, 0.1) is 19.3 Å². The van der Waals surface area contributed by atoms with Crippen molar-refractivity contribution in [3.05, 3.63) is 23.8 Å². The topological polar surface area (TPSA) is 27.7 Å². The Morgan fingerprint density at radius 3 is 2.13 bits per heavy atom. The van der Waals surface area contributed by atoms with Gasteiger partial charge >= 0.3 is 0 Å². The number of halogens is 2.